The molecule has 35 heavy (non-hydrogen) atoms. The van der Waals surface area contributed by atoms with Gasteiger partial charge in [0.25, 0.3) is 0 Å². The van der Waals surface area contributed by atoms with Gasteiger partial charge < -0.3 is 14.2 Å². The highest BCUT2D eigenvalue weighted by Crippen LogP contribution is 2.36. The van der Waals surface area contributed by atoms with Crippen molar-refractivity contribution in [2.24, 2.45) is 0 Å². The molecule has 5 nitrogen and oxygen atoms in total. The summed E-state index contributed by atoms with van der Waals surface area (Å²) in [6.45, 7) is 6.12. The SMILES string of the molecule is Cc1cccc(C)c1OCCCn1c(C2CC(=O)N(c3ccccc3Cl)C2)nc2ccccc21.Cl. The summed E-state index contributed by atoms with van der Waals surface area (Å²) in [5.74, 6) is 2.01. The second-order valence-corrected chi connectivity index (χ2v) is 9.30. The first kappa shape index (κ1) is 25.1. The van der Waals surface area contributed by atoms with Crippen LogP contribution in [-0.2, 0) is 11.3 Å². The Morgan fingerprint density at radius 2 is 1.71 bits per heavy atom. The molecule has 1 unspecified atom stereocenters. The average molecular weight is 510 g/mol. The van der Waals surface area contributed by atoms with Crippen molar-refractivity contribution >= 4 is 46.6 Å². The van der Waals surface area contributed by atoms with Crippen LogP contribution < -0.4 is 9.64 Å². The summed E-state index contributed by atoms with van der Waals surface area (Å²) in [6.07, 6.45) is 1.27. The molecule has 1 fully saturated rings. The van der Waals surface area contributed by atoms with Gasteiger partial charge in [-0.1, -0.05) is 54.1 Å². The number of nitrogens with zero attached hydrogens (tertiary/aromatic N) is 3. The highest BCUT2D eigenvalue weighted by atomic mass is 35.5. The lowest BCUT2D eigenvalue weighted by atomic mass is 10.1. The van der Waals surface area contributed by atoms with Crippen LogP contribution in [0.25, 0.3) is 11.0 Å². The molecule has 182 valence electrons. The van der Waals surface area contributed by atoms with E-state index >= 15 is 0 Å². The third kappa shape index (κ3) is 5.02. The fraction of sp³-hybridized carbons (Fsp3) is 0.286. The zero-order chi connectivity index (χ0) is 23.7. The van der Waals surface area contributed by atoms with Gasteiger partial charge in [-0.05, 0) is 55.7 Å². The van der Waals surface area contributed by atoms with Gasteiger partial charge in [0.2, 0.25) is 5.91 Å². The quantitative estimate of drug-likeness (QED) is 0.260. The van der Waals surface area contributed by atoms with Gasteiger partial charge in [-0.2, -0.15) is 0 Å². The molecular weight excluding hydrogens is 481 g/mol. The largest absolute Gasteiger partial charge is 0.493 e. The predicted octanol–water partition coefficient (Wildman–Crippen LogP) is 6.72. The maximum atomic E-state index is 12.9. The number of carbonyl (C=O) groups excluding carboxylic acids is 1. The standard InChI is InChI=1S/C28H28ClN3O2.ClH/c1-19-9-7-10-20(2)27(19)34-16-8-15-31-25-14-6-4-12-23(25)30-28(31)21-17-26(33)32(18-21)24-13-5-3-11-22(24)29;/h3-7,9-14,21H,8,15-18H2,1-2H3;1H. The number of aromatic nitrogens is 2. The van der Waals surface area contributed by atoms with Crippen LogP contribution in [0.3, 0.4) is 0 Å². The maximum Gasteiger partial charge on any atom is 0.227 e. The number of ether oxygens (including phenoxy) is 1. The number of para-hydroxylation sites is 4. The number of amides is 1. The van der Waals surface area contributed by atoms with E-state index in [9.17, 15) is 4.79 Å². The van der Waals surface area contributed by atoms with Crippen molar-refractivity contribution in [2.45, 2.75) is 39.2 Å². The highest BCUT2D eigenvalue weighted by molar-refractivity contribution is 6.33. The Labute approximate surface area is 217 Å². The van der Waals surface area contributed by atoms with Gasteiger partial charge in [-0.15, -0.1) is 12.4 Å². The van der Waals surface area contributed by atoms with E-state index < -0.39 is 0 Å². The number of benzene rings is 3. The third-order valence-corrected chi connectivity index (χ3v) is 6.82. The van der Waals surface area contributed by atoms with E-state index in [0.717, 1.165) is 52.4 Å². The minimum Gasteiger partial charge on any atom is -0.493 e. The zero-order valence-electron chi connectivity index (χ0n) is 19.9. The lowest BCUT2D eigenvalue weighted by molar-refractivity contribution is -0.117. The molecule has 2 heterocycles. The Kier molecular flexibility index (Phi) is 7.68. The van der Waals surface area contributed by atoms with E-state index in [1.165, 1.54) is 0 Å². The van der Waals surface area contributed by atoms with Gasteiger partial charge in [-0.3, -0.25) is 4.79 Å². The minimum atomic E-state index is 0. The van der Waals surface area contributed by atoms with Gasteiger partial charge in [-0.25, -0.2) is 4.98 Å². The van der Waals surface area contributed by atoms with Crippen LogP contribution in [0.2, 0.25) is 5.02 Å². The average Bonchev–Trinajstić information content (AvgIpc) is 3.39. The van der Waals surface area contributed by atoms with Gasteiger partial charge in [0, 0.05) is 25.4 Å². The second-order valence-electron chi connectivity index (χ2n) is 8.89. The molecule has 0 radical (unpaired) electrons. The summed E-state index contributed by atoms with van der Waals surface area (Å²) in [6, 6.07) is 21.9. The lowest BCUT2D eigenvalue weighted by Gasteiger charge is -2.18. The predicted molar refractivity (Wildman–Crippen MR) is 144 cm³/mol. The van der Waals surface area contributed by atoms with Gasteiger partial charge in [0.05, 0.1) is 28.4 Å². The Bertz CT molecular complexity index is 1330. The molecule has 0 N–H and O–H groups in total. The third-order valence-electron chi connectivity index (χ3n) is 6.50. The number of fused-ring (bicyclic) bond motifs is 1. The Balaban J connectivity index is 0.00000289. The number of anilines is 1. The lowest BCUT2D eigenvalue weighted by Crippen LogP contribution is -2.24. The van der Waals surface area contributed by atoms with Crippen molar-refractivity contribution in [3.05, 3.63) is 88.7 Å². The molecule has 0 aliphatic carbocycles. The Morgan fingerprint density at radius 1 is 1.00 bits per heavy atom. The van der Waals surface area contributed by atoms with Gasteiger partial charge in [0.15, 0.2) is 0 Å². The number of rotatable bonds is 7. The molecule has 0 bridgehead atoms. The summed E-state index contributed by atoms with van der Waals surface area (Å²) < 4.78 is 8.40. The molecule has 1 amide bonds. The summed E-state index contributed by atoms with van der Waals surface area (Å²) in [4.78, 5) is 19.7. The van der Waals surface area contributed by atoms with Crippen molar-refractivity contribution in [1.82, 2.24) is 9.55 Å². The van der Waals surface area contributed by atoms with E-state index in [1.807, 2.05) is 42.5 Å². The van der Waals surface area contributed by atoms with E-state index in [0.29, 0.717) is 24.6 Å². The van der Waals surface area contributed by atoms with Crippen LogP contribution in [-0.4, -0.2) is 28.6 Å². The van der Waals surface area contributed by atoms with Crippen molar-refractivity contribution in [1.29, 1.82) is 0 Å². The highest BCUT2D eigenvalue weighted by Gasteiger charge is 2.35. The monoisotopic (exact) mass is 509 g/mol. The molecule has 1 saturated heterocycles. The van der Waals surface area contributed by atoms with Crippen LogP contribution in [0.1, 0.15) is 35.7 Å². The van der Waals surface area contributed by atoms with E-state index in [2.05, 4.69) is 42.7 Å². The topological polar surface area (TPSA) is 47.4 Å². The Morgan fingerprint density at radius 3 is 2.49 bits per heavy atom. The van der Waals surface area contributed by atoms with E-state index in [1.54, 1.807) is 4.90 Å². The number of hydrogen-bond donors (Lipinski definition) is 0. The number of hydrogen-bond acceptors (Lipinski definition) is 3. The van der Waals surface area contributed by atoms with Crippen LogP contribution in [0.5, 0.6) is 5.75 Å². The smallest absolute Gasteiger partial charge is 0.227 e. The molecule has 1 aromatic heterocycles. The first-order valence-electron chi connectivity index (χ1n) is 11.7. The molecule has 0 saturated carbocycles. The van der Waals surface area contributed by atoms with Crippen molar-refractivity contribution in [3.8, 4) is 5.75 Å². The molecule has 1 aliphatic heterocycles. The summed E-state index contributed by atoms with van der Waals surface area (Å²) in [5, 5.41) is 0.591. The summed E-state index contributed by atoms with van der Waals surface area (Å²) in [5.41, 5.74) is 5.11. The fourth-order valence-corrected chi connectivity index (χ4v) is 5.09. The zero-order valence-corrected chi connectivity index (χ0v) is 21.5. The Hall–Kier alpha value is -3.02. The molecule has 1 atom stereocenters. The van der Waals surface area contributed by atoms with Gasteiger partial charge in [0.1, 0.15) is 11.6 Å². The normalized spacial score (nSPS) is 15.5. The fourth-order valence-electron chi connectivity index (χ4n) is 4.85. The molecular formula is C28H29Cl2N3O2. The van der Waals surface area contributed by atoms with Crippen LogP contribution in [0, 0.1) is 13.8 Å². The van der Waals surface area contributed by atoms with Crippen LogP contribution in [0.4, 0.5) is 5.69 Å². The number of halogens is 2. The molecule has 3 aromatic carbocycles. The van der Waals surface area contributed by atoms with Gasteiger partial charge >= 0.3 is 0 Å². The number of carbonyl (C=O) groups is 1. The van der Waals surface area contributed by atoms with Crippen molar-refractivity contribution in [2.75, 3.05) is 18.1 Å². The first-order valence-corrected chi connectivity index (χ1v) is 12.1. The molecule has 0 spiro atoms. The van der Waals surface area contributed by atoms with Crippen molar-refractivity contribution < 1.29 is 9.53 Å². The summed E-state index contributed by atoms with van der Waals surface area (Å²) >= 11 is 6.39. The molecule has 5 rings (SSSR count). The summed E-state index contributed by atoms with van der Waals surface area (Å²) in [7, 11) is 0. The van der Waals surface area contributed by atoms with E-state index in [-0.39, 0.29) is 24.2 Å². The first-order chi connectivity index (χ1) is 16.5. The molecule has 1 aliphatic rings. The molecule has 7 heteroatoms. The number of aryl methyl sites for hydroxylation is 3. The van der Waals surface area contributed by atoms with E-state index in [4.69, 9.17) is 21.3 Å². The van der Waals surface area contributed by atoms with Crippen molar-refractivity contribution in [3.63, 3.8) is 0 Å². The maximum absolute atomic E-state index is 12.9. The van der Waals surface area contributed by atoms with Crippen LogP contribution in [0.15, 0.2) is 66.7 Å². The van der Waals surface area contributed by atoms with Crippen LogP contribution >= 0.6 is 24.0 Å². The number of imidazole rings is 1. The second kappa shape index (κ2) is 10.7. The minimum absolute atomic E-state index is 0. The molecule has 4 aromatic rings.